The van der Waals surface area contributed by atoms with Gasteiger partial charge in [-0.3, -0.25) is 0 Å². The van der Waals surface area contributed by atoms with Crippen LogP contribution in [-0.2, 0) is 10.0 Å². The number of nitrogens with one attached hydrogen (secondary N) is 1. The minimum atomic E-state index is -3.62. The highest BCUT2D eigenvalue weighted by Gasteiger charge is 2.46. The second-order valence-electron chi connectivity index (χ2n) is 3.88. The summed E-state index contributed by atoms with van der Waals surface area (Å²) in [7, 11) is -3.62. The number of sulfonamides is 1. The number of hydrogen-bond donors (Lipinski definition) is 2. The number of aromatic nitrogens is 1. The van der Waals surface area contributed by atoms with Crippen molar-refractivity contribution in [3.8, 4) is 0 Å². The zero-order valence-electron chi connectivity index (χ0n) is 8.53. The van der Waals surface area contributed by atoms with E-state index in [-0.39, 0.29) is 15.3 Å². The molecule has 0 atom stereocenters. The molecule has 2 rings (SSSR count). The molecule has 1 fully saturated rings. The summed E-state index contributed by atoms with van der Waals surface area (Å²) in [6.07, 6.45) is 1.32. The monoisotopic (exact) mass is 282 g/mol. The number of nitrogens with zero attached hydrogens (tertiary/aromatic N) is 1. The summed E-state index contributed by atoms with van der Waals surface area (Å²) in [4.78, 5) is 3.86. The van der Waals surface area contributed by atoms with Crippen LogP contribution in [0.3, 0.4) is 0 Å². The maximum Gasteiger partial charge on any atom is 0.252 e. The molecule has 1 aromatic heterocycles. The highest BCUT2D eigenvalue weighted by atomic mass is 35.5. The first-order valence-electron chi connectivity index (χ1n) is 4.66. The van der Waals surface area contributed by atoms with Gasteiger partial charge in [0.2, 0.25) is 0 Å². The molecule has 1 aromatic rings. The van der Waals surface area contributed by atoms with Crippen LogP contribution in [0.1, 0.15) is 18.5 Å². The zero-order valence-corrected chi connectivity index (χ0v) is 10.9. The number of aryl methyl sites for hydroxylation is 1. The molecule has 2 N–H and O–H groups in total. The number of hydrogen-bond acceptors (Lipinski definition) is 5. The van der Waals surface area contributed by atoms with Crippen molar-refractivity contribution in [3.63, 3.8) is 0 Å². The molecule has 0 saturated heterocycles. The van der Waals surface area contributed by atoms with E-state index >= 15 is 0 Å². The van der Waals surface area contributed by atoms with Crippen LogP contribution < -0.4 is 4.72 Å². The molecule has 0 spiro atoms. The van der Waals surface area contributed by atoms with Gasteiger partial charge in [0, 0.05) is 0 Å². The highest BCUT2D eigenvalue weighted by molar-refractivity contribution is 7.91. The Balaban J connectivity index is 2.29. The third kappa shape index (κ3) is 2.23. The van der Waals surface area contributed by atoms with E-state index in [1.807, 2.05) is 0 Å². The molecule has 5 nitrogen and oxygen atoms in total. The quantitative estimate of drug-likeness (QED) is 0.860. The Morgan fingerprint density at radius 3 is 2.62 bits per heavy atom. The fourth-order valence-electron chi connectivity index (χ4n) is 1.37. The molecule has 0 aliphatic heterocycles. The van der Waals surface area contributed by atoms with Crippen molar-refractivity contribution in [1.29, 1.82) is 0 Å². The lowest BCUT2D eigenvalue weighted by atomic mass is 10.3. The first kappa shape index (κ1) is 12.3. The van der Waals surface area contributed by atoms with Crippen LogP contribution in [0.25, 0.3) is 0 Å². The highest BCUT2D eigenvalue weighted by Crippen LogP contribution is 2.37. The molecule has 1 aliphatic rings. The van der Waals surface area contributed by atoms with Crippen molar-refractivity contribution < 1.29 is 13.5 Å². The number of halogens is 1. The van der Waals surface area contributed by atoms with Gasteiger partial charge in [-0.15, -0.1) is 0 Å². The van der Waals surface area contributed by atoms with Gasteiger partial charge in [0.25, 0.3) is 10.0 Å². The molecule has 0 amide bonds. The first-order chi connectivity index (χ1) is 7.38. The minimum Gasteiger partial charge on any atom is -0.394 e. The van der Waals surface area contributed by atoms with E-state index < -0.39 is 15.6 Å². The Bertz CT molecular complexity index is 507. The number of aliphatic hydroxyl groups is 1. The summed E-state index contributed by atoms with van der Waals surface area (Å²) in [5.41, 5.74) is -0.280. The van der Waals surface area contributed by atoms with Crippen molar-refractivity contribution >= 4 is 33.0 Å². The molecular formula is C8H11ClN2O3S2. The van der Waals surface area contributed by atoms with Crippen LogP contribution in [0.4, 0.5) is 0 Å². The van der Waals surface area contributed by atoms with Gasteiger partial charge in [-0.1, -0.05) is 22.9 Å². The van der Waals surface area contributed by atoms with Crippen LogP contribution in [-0.4, -0.2) is 30.7 Å². The molecule has 1 aliphatic carbocycles. The second-order valence-corrected chi connectivity index (χ2v) is 7.34. The second kappa shape index (κ2) is 3.92. The predicted octanol–water partition coefficient (Wildman–Crippen LogP) is 0.908. The number of aliphatic hydroxyl groups excluding tert-OH is 1. The van der Waals surface area contributed by atoms with Crippen molar-refractivity contribution in [2.75, 3.05) is 6.61 Å². The average Bonchev–Trinajstić information content (AvgIpc) is 2.85. The molecule has 90 valence electrons. The third-order valence-corrected chi connectivity index (χ3v) is 5.93. The van der Waals surface area contributed by atoms with Gasteiger partial charge in [-0.25, -0.2) is 18.1 Å². The average molecular weight is 283 g/mol. The standard InChI is InChI=1S/C8H11ClN2O3S2/c1-5-6(15-7(9)10-5)16(13,14)11-8(4-12)2-3-8/h11-12H,2-4H2,1H3. The molecule has 1 saturated carbocycles. The first-order valence-corrected chi connectivity index (χ1v) is 7.34. The maximum atomic E-state index is 12.0. The Hall–Kier alpha value is -0.210. The summed E-state index contributed by atoms with van der Waals surface area (Å²) in [5.74, 6) is 0. The van der Waals surface area contributed by atoms with Gasteiger partial charge in [0.05, 0.1) is 17.8 Å². The summed E-state index contributed by atoms with van der Waals surface area (Å²) < 4.78 is 26.8. The Labute approximate surface area is 103 Å². The van der Waals surface area contributed by atoms with Crippen molar-refractivity contribution in [1.82, 2.24) is 9.71 Å². The van der Waals surface area contributed by atoms with E-state index in [1.54, 1.807) is 6.92 Å². The van der Waals surface area contributed by atoms with Gasteiger partial charge in [-0.05, 0) is 19.8 Å². The van der Waals surface area contributed by atoms with Crippen molar-refractivity contribution in [2.24, 2.45) is 0 Å². The Morgan fingerprint density at radius 2 is 2.25 bits per heavy atom. The van der Waals surface area contributed by atoms with Crippen LogP contribution >= 0.6 is 22.9 Å². The van der Waals surface area contributed by atoms with E-state index in [2.05, 4.69) is 9.71 Å². The predicted molar refractivity (Wildman–Crippen MR) is 61.2 cm³/mol. The van der Waals surface area contributed by atoms with Crippen molar-refractivity contribution in [3.05, 3.63) is 10.2 Å². The van der Waals surface area contributed by atoms with Gasteiger partial charge in [0.1, 0.15) is 0 Å². The lowest BCUT2D eigenvalue weighted by molar-refractivity contribution is 0.246. The van der Waals surface area contributed by atoms with Gasteiger partial charge < -0.3 is 5.11 Å². The summed E-state index contributed by atoms with van der Waals surface area (Å²) in [5, 5.41) is 9.08. The van der Waals surface area contributed by atoms with E-state index in [1.165, 1.54) is 0 Å². The zero-order chi connectivity index (χ0) is 12.0. The molecular weight excluding hydrogens is 272 g/mol. The molecule has 0 aromatic carbocycles. The summed E-state index contributed by atoms with van der Waals surface area (Å²) >= 11 is 6.58. The Kier molecular flexibility index (Phi) is 3.00. The van der Waals surface area contributed by atoms with Crippen molar-refractivity contribution in [2.45, 2.75) is 29.5 Å². The van der Waals surface area contributed by atoms with Crippen LogP contribution in [0.15, 0.2) is 4.21 Å². The molecule has 16 heavy (non-hydrogen) atoms. The van der Waals surface area contributed by atoms with Gasteiger partial charge in [0.15, 0.2) is 8.68 Å². The van der Waals surface area contributed by atoms with E-state index in [9.17, 15) is 8.42 Å². The maximum absolute atomic E-state index is 12.0. The number of rotatable bonds is 4. The molecule has 1 heterocycles. The summed E-state index contributed by atoms with van der Waals surface area (Å²) in [6, 6.07) is 0. The normalized spacial score (nSPS) is 18.7. The van der Waals surface area contributed by atoms with E-state index in [0.717, 1.165) is 11.3 Å². The third-order valence-electron chi connectivity index (χ3n) is 2.48. The summed E-state index contributed by atoms with van der Waals surface area (Å²) in [6.45, 7) is 1.41. The Morgan fingerprint density at radius 1 is 1.62 bits per heavy atom. The van der Waals surface area contributed by atoms with Crippen LogP contribution in [0.2, 0.25) is 4.47 Å². The topological polar surface area (TPSA) is 79.3 Å². The smallest absolute Gasteiger partial charge is 0.252 e. The van der Waals surface area contributed by atoms with Gasteiger partial charge >= 0.3 is 0 Å². The number of thiazole rings is 1. The lowest BCUT2D eigenvalue weighted by Crippen LogP contribution is -2.39. The van der Waals surface area contributed by atoms with E-state index in [4.69, 9.17) is 16.7 Å². The fraction of sp³-hybridized carbons (Fsp3) is 0.625. The lowest BCUT2D eigenvalue weighted by Gasteiger charge is -2.13. The molecule has 0 unspecified atom stereocenters. The molecule has 8 heteroatoms. The molecule has 0 radical (unpaired) electrons. The largest absolute Gasteiger partial charge is 0.394 e. The SMILES string of the molecule is Cc1nc(Cl)sc1S(=O)(=O)NC1(CO)CC1. The van der Waals surface area contributed by atoms with Gasteiger partial charge in [-0.2, -0.15) is 0 Å². The fourth-order valence-corrected chi connectivity index (χ4v) is 4.57. The van der Waals surface area contributed by atoms with E-state index in [0.29, 0.717) is 18.5 Å². The van der Waals surface area contributed by atoms with Crippen LogP contribution in [0.5, 0.6) is 0 Å². The minimum absolute atomic E-state index is 0.122. The molecule has 0 bridgehead atoms. The van der Waals surface area contributed by atoms with Crippen LogP contribution in [0, 0.1) is 6.92 Å².